The third-order valence-corrected chi connectivity index (χ3v) is 4.45. The van der Waals surface area contributed by atoms with Gasteiger partial charge >= 0.3 is 0 Å². The summed E-state index contributed by atoms with van der Waals surface area (Å²) in [6.07, 6.45) is 2.88. The summed E-state index contributed by atoms with van der Waals surface area (Å²) in [5.41, 5.74) is 2.26. The summed E-state index contributed by atoms with van der Waals surface area (Å²) in [7, 11) is 0. The molecule has 1 aromatic carbocycles. The molecule has 1 aromatic rings. The van der Waals surface area contributed by atoms with E-state index in [-0.39, 0.29) is 6.61 Å². The standard InChI is InChI=1S/C17H27NO2/c1-12(2)13-6-8-14(9-7-13)17(20)10-18-16-5-3-4-15(16)11-19/h6-9,12,15-20H,3-5,10-11H2,1-2H3. The Kier molecular flexibility index (Phi) is 5.58. The van der Waals surface area contributed by atoms with E-state index in [1.807, 2.05) is 12.1 Å². The van der Waals surface area contributed by atoms with Crippen LogP contribution in [-0.4, -0.2) is 29.4 Å². The summed E-state index contributed by atoms with van der Waals surface area (Å²) in [6.45, 7) is 5.14. The van der Waals surface area contributed by atoms with Gasteiger partial charge in [0, 0.05) is 19.2 Å². The Morgan fingerprint density at radius 1 is 1.15 bits per heavy atom. The van der Waals surface area contributed by atoms with Crippen molar-refractivity contribution in [3.63, 3.8) is 0 Å². The zero-order valence-electron chi connectivity index (χ0n) is 12.5. The fourth-order valence-corrected chi connectivity index (χ4v) is 3.01. The van der Waals surface area contributed by atoms with E-state index in [4.69, 9.17) is 0 Å². The van der Waals surface area contributed by atoms with Crippen molar-refractivity contribution in [3.8, 4) is 0 Å². The largest absolute Gasteiger partial charge is 0.396 e. The second-order valence-corrected chi connectivity index (χ2v) is 6.23. The molecule has 0 heterocycles. The molecule has 1 saturated carbocycles. The van der Waals surface area contributed by atoms with E-state index in [0.717, 1.165) is 18.4 Å². The molecule has 0 aliphatic heterocycles. The van der Waals surface area contributed by atoms with Crippen LogP contribution in [0.15, 0.2) is 24.3 Å². The first-order valence-electron chi connectivity index (χ1n) is 7.74. The molecule has 3 N–H and O–H groups in total. The molecule has 0 saturated heterocycles. The summed E-state index contributed by atoms with van der Waals surface area (Å²) in [6, 6.07) is 8.56. The molecule has 3 nitrogen and oxygen atoms in total. The van der Waals surface area contributed by atoms with E-state index in [9.17, 15) is 10.2 Å². The second-order valence-electron chi connectivity index (χ2n) is 6.23. The van der Waals surface area contributed by atoms with Gasteiger partial charge in [-0.2, -0.15) is 0 Å². The molecule has 3 heteroatoms. The van der Waals surface area contributed by atoms with Crippen molar-refractivity contribution in [2.75, 3.05) is 13.2 Å². The van der Waals surface area contributed by atoms with Gasteiger partial charge in [0.15, 0.2) is 0 Å². The molecular weight excluding hydrogens is 250 g/mol. The number of aliphatic hydroxyl groups is 2. The van der Waals surface area contributed by atoms with Crippen LogP contribution in [0, 0.1) is 5.92 Å². The molecule has 1 aliphatic carbocycles. The van der Waals surface area contributed by atoms with Crippen molar-refractivity contribution in [1.29, 1.82) is 0 Å². The Morgan fingerprint density at radius 3 is 2.40 bits per heavy atom. The number of nitrogens with one attached hydrogen (secondary N) is 1. The Hall–Kier alpha value is -0.900. The first-order chi connectivity index (χ1) is 9.61. The van der Waals surface area contributed by atoms with E-state index < -0.39 is 6.10 Å². The topological polar surface area (TPSA) is 52.5 Å². The lowest BCUT2D eigenvalue weighted by atomic mass is 9.99. The van der Waals surface area contributed by atoms with E-state index in [2.05, 4.69) is 31.3 Å². The van der Waals surface area contributed by atoms with Crippen LogP contribution in [0.3, 0.4) is 0 Å². The van der Waals surface area contributed by atoms with Crippen LogP contribution < -0.4 is 5.32 Å². The van der Waals surface area contributed by atoms with Crippen molar-refractivity contribution in [1.82, 2.24) is 5.32 Å². The first kappa shape index (κ1) is 15.5. The van der Waals surface area contributed by atoms with Crippen LogP contribution in [0.5, 0.6) is 0 Å². The molecule has 1 fully saturated rings. The number of benzene rings is 1. The van der Waals surface area contributed by atoms with Crippen molar-refractivity contribution in [3.05, 3.63) is 35.4 Å². The highest BCUT2D eigenvalue weighted by Crippen LogP contribution is 2.25. The third kappa shape index (κ3) is 3.81. The normalized spacial score (nSPS) is 24.2. The molecule has 0 spiro atoms. The van der Waals surface area contributed by atoms with E-state index >= 15 is 0 Å². The molecular formula is C17H27NO2. The van der Waals surface area contributed by atoms with Gasteiger partial charge in [-0.15, -0.1) is 0 Å². The van der Waals surface area contributed by atoms with Gasteiger partial charge in [-0.1, -0.05) is 44.5 Å². The predicted molar refractivity (Wildman–Crippen MR) is 81.7 cm³/mol. The van der Waals surface area contributed by atoms with Gasteiger partial charge in [-0.25, -0.2) is 0 Å². The molecule has 2 rings (SSSR count). The summed E-state index contributed by atoms with van der Waals surface area (Å²) in [4.78, 5) is 0. The maximum atomic E-state index is 10.2. The molecule has 112 valence electrons. The molecule has 0 amide bonds. The zero-order chi connectivity index (χ0) is 14.5. The average molecular weight is 277 g/mol. The molecule has 20 heavy (non-hydrogen) atoms. The van der Waals surface area contributed by atoms with Gasteiger partial charge in [0.25, 0.3) is 0 Å². The van der Waals surface area contributed by atoms with Crippen LogP contribution in [0.2, 0.25) is 0 Å². The van der Waals surface area contributed by atoms with Crippen molar-refractivity contribution in [2.45, 2.75) is 51.2 Å². The molecule has 0 aromatic heterocycles. The first-order valence-corrected chi connectivity index (χ1v) is 7.74. The van der Waals surface area contributed by atoms with Crippen molar-refractivity contribution < 1.29 is 10.2 Å². The van der Waals surface area contributed by atoms with E-state index in [1.165, 1.54) is 12.0 Å². The highest BCUT2D eigenvalue weighted by atomic mass is 16.3. The van der Waals surface area contributed by atoms with Gasteiger partial charge in [0.2, 0.25) is 0 Å². The van der Waals surface area contributed by atoms with Crippen LogP contribution in [0.25, 0.3) is 0 Å². The minimum Gasteiger partial charge on any atom is -0.396 e. The number of aliphatic hydroxyl groups excluding tert-OH is 2. The molecule has 3 atom stereocenters. The smallest absolute Gasteiger partial charge is 0.0914 e. The third-order valence-electron chi connectivity index (χ3n) is 4.45. The Balaban J connectivity index is 1.86. The lowest BCUT2D eigenvalue weighted by Crippen LogP contribution is -2.36. The summed E-state index contributed by atoms with van der Waals surface area (Å²) < 4.78 is 0. The minimum atomic E-state index is -0.476. The summed E-state index contributed by atoms with van der Waals surface area (Å²) in [5.74, 6) is 0.869. The van der Waals surface area contributed by atoms with Crippen LogP contribution in [0.4, 0.5) is 0 Å². The maximum Gasteiger partial charge on any atom is 0.0914 e. The minimum absolute atomic E-state index is 0.247. The SMILES string of the molecule is CC(C)c1ccc(C(O)CNC2CCCC2CO)cc1. The lowest BCUT2D eigenvalue weighted by Gasteiger charge is -2.21. The van der Waals surface area contributed by atoms with Gasteiger partial charge in [0.1, 0.15) is 0 Å². The fraction of sp³-hybridized carbons (Fsp3) is 0.647. The van der Waals surface area contributed by atoms with Crippen LogP contribution >= 0.6 is 0 Å². The lowest BCUT2D eigenvalue weighted by molar-refractivity contribution is 0.155. The zero-order valence-corrected chi connectivity index (χ0v) is 12.5. The molecule has 3 unspecified atom stereocenters. The molecule has 0 bridgehead atoms. The second kappa shape index (κ2) is 7.21. The predicted octanol–water partition coefficient (Wildman–Crippen LogP) is 2.59. The monoisotopic (exact) mass is 277 g/mol. The van der Waals surface area contributed by atoms with E-state index in [0.29, 0.717) is 24.4 Å². The Morgan fingerprint density at radius 2 is 1.80 bits per heavy atom. The quantitative estimate of drug-likeness (QED) is 0.749. The van der Waals surface area contributed by atoms with E-state index in [1.54, 1.807) is 0 Å². The number of hydrogen-bond donors (Lipinski definition) is 3. The van der Waals surface area contributed by atoms with Gasteiger partial charge in [-0.3, -0.25) is 0 Å². The Bertz CT molecular complexity index is 402. The molecule has 0 radical (unpaired) electrons. The van der Waals surface area contributed by atoms with Crippen molar-refractivity contribution >= 4 is 0 Å². The van der Waals surface area contributed by atoms with Gasteiger partial charge < -0.3 is 15.5 Å². The Labute approximate surface area is 122 Å². The highest BCUT2D eigenvalue weighted by molar-refractivity contribution is 5.26. The molecule has 1 aliphatic rings. The van der Waals surface area contributed by atoms with Gasteiger partial charge in [0.05, 0.1) is 6.10 Å². The van der Waals surface area contributed by atoms with Crippen LogP contribution in [0.1, 0.15) is 56.3 Å². The highest BCUT2D eigenvalue weighted by Gasteiger charge is 2.26. The van der Waals surface area contributed by atoms with Crippen molar-refractivity contribution in [2.24, 2.45) is 5.92 Å². The van der Waals surface area contributed by atoms with Gasteiger partial charge in [-0.05, 0) is 35.8 Å². The summed E-state index contributed by atoms with van der Waals surface area (Å²) in [5, 5.41) is 23.0. The number of hydrogen-bond acceptors (Lipinski definition) is 3. The summed E-state index contributed by atoms with van der Waals surface area (Å²) >= 11 is 0. The fourth-order valence-electron chi connectivity index (χ4n) is 3.01. The number of rotatable bonds is 6. The average Bonchev–Trinajstić information content (AvgIpc) is 2.92. The van der Waals surface area contributed by atoms with Crippen LogP contribution in [-0.2, 0) is 0 Å². The maximum absolute atomic E-state index is 10.2.